The first-order chi connectivity index (χ1) is 27.1. The van der Waals surface area contributed by atoms with Crippen LogP contribution in [0.4, 0.5) is 0 Å². The maximum absolute atomic E-state index is 2.55. The smallest absolute Gasteiger partial charge is 0.314 e. The molecule has 0 aliphatic carbocycles. The van der Waals surface area contributed by atoms with Gasteiger partial charge in [-0.2, -0.15) is 38.5 Å². The minimum atomic E-state index is 0. The van der Waals surface area contributed by atoms with Gasteiger partial charge in [-0.05, 0) is 107 Å². The molecular weight excluding hydrogens is 834 g/mol. The molecule has 0 aliphatic heterocycles. The molecule has 0 rings (SSSR count). The Balaban J connectivity index is -0.00000116. The molecule has 65 heavy (non-hydrogen) atoms. The molecule has 0 saturated carbocycles. The van der Waals surface area contributed by atoms with Gasteiger partial charge < -0.3 is 11.8 Å². The van der Waals surface area contributed by atoms with Crippen LogP contribution in [0.5, 0.6) is 0 Å². The molecule has 0 aromatic carbocycles. The first kappa shape index (κ1) is 69.4. The Hall–Kier alpha value is 0.103. The molecule has 0 radical (unpaired) electrons. The number of hydrogen-bond donors (Lipinski definition) is 0. The molecular formula is C64H126Zn. The Bertz CT molecular complexity index is 1520. The van der Waals surface area contributed by atoms with Crippen molar-refractivity contribution >= 4 is 0 Å². The first-order valence-corrected chi connectivity index (χ1v) is 26.0. The largest absolute Gasteiger partial charge is 2.00 e. The molecule has 0 unspecified atom stereocenters. The molecule has 0 saturated heterocycles. The molecule has 1 heteroatoms. The quantitative estimate of drug-likeness (QED) is 0.0730. The monoisotopic (exact) mass is 959 g/mol. The van der Waals surface area contributed by atoms with E-state index in [2.05, 4.69) is 291 Å². The van der Waals surface area contributed by atoms with Gasteiger partial charge in [0.25, 0.3) is 0 Å². The summed E-state index contributed by atoms with van der Waals surface area (Å²) in [6.45, 7) is 104. The van der Waals surface area contributed by atoms with Crippen LogP contribution in [-0.2, 0) is 19.5 Å². The zero-order valence-corrected chi connectivity index (χ0v) is 56.7. The van der Waals surface area contributed by atoms with Gasteiger partial charge in [-0.25, -0.2) is 0 Å². The van der Waals surface area contributed by atoms with E-state index in [4.69, 9.17) is 0 Å². The molecule has 0 aromatic rings. The summed E-state index contributed by atoms with van der Waals surface area (Å²) in [7, 11) is 0. The van der Waals surface area contributed by atoms with E-state index in [-0.39, 0.29) is 106 Å². The van der Waals surface area contributed by atoms with Crippen molar-refractivity contribution in [3.8, 4) is 0 Å². The van der Waals surface area contributed by atoms with Gasteiger partial charge >= 0.3 is 19.5 Å². The Kier molecular flexibility index (Phi) is 20.9. The summed E-state index contributed by atoms with van der Waals surface area (Å²) in [5.74, 6) is 3.04. The van der Waals surface area contributed by atoms with Crippen molar-refractivity contribution in [2.45, 2.75) is 291 Å². The van der Waals surface area contributed by atoms with Gasteiger partial charge in [0.2, 0.25) is 0 Å². The van der Waals surface area contributed by atoms with E-state index < -0.39 is 0 Å². The van der Waals surface area contributed by atoms with Gasteiger partial charge in [0, 0.05) is 0 Å². The van der Waals surface area contributed by atoms with Crippen molar-refractivity contribution in [2.75, 3.05) is 0 Å². The summed E-state index contributed by atoms with van der Waals surface area (Å²) < 4.78 is 0. The fourth-order valence-electron chi connectivity index (χ4n) is 12.8. The Labute approximate surface area is 428 Å². The second-order valence-corrected chi connectivity index (χ2v) is 31.2. The topological polar surface area (TPSA) is 0 Å². The molecule has 0 spiro atoms. The number of allylic oxidation sites excluding steroid dienone is 4. The van der Waals surface area contributed by atoms with Crippen LogP contribution >= 0.6 is 0 Å². The molecule has 0 fully saturated rings. The van der Waals surface area contributed by atoms with Crippen LogP contribution in [0, 0.1) is 98.5 Å². The summed E-state index contributed by atoms with van der Waals surface area (Å²) in [5, 5.41) is 0. The van der Waals surface area contributed by atoms with Crippen molar-refractivity contribution in [1.29, 1.82) is 0 Å². The van der Waals surface area contributed by atoms with Crippen LogP contribution in [0.15, 0.2) is 22.3 Å². The average Bonchev–Trinajstić information content (AvgIpc) is 3.09. The summed E-state index contributed by atoms with van der Waals surface area (Å²) in [4.78, 5) is 0. The molecule has 0 N–H and O–H groups in total. The maximum Gasteiger partial charge on any atom is 2.00 e. The van der Waals surface area contributed by atoms with E-state index in [1.165, 1.54) is 34.1 Å². The molecule has 0 amide bonds. The zero-order chi connectivity index (χ0) is 53.5. The summed E-state index contributed by atoms with van der Waals surface area (Å²) in [5.41, 5.74) is 7.46. The summed E-state index contributed by atoms with van der Waals surface area (Å²) in [6, 6.07) is 0. The average molecular weight is 961 g/mol. The third kappa shape index (κ3) is 9.89. The molecule has 0 bridgehead atoms. The molecule has 0 aromatic heterocycles. The second-order valence-electron chi connectivity index (χ2n) is 31.2. The van der Waals surface area contributed by atoms with Crippen molar-refractivity contribution < 1.29 is 19.5 Å². The Morgan fingerprint density at radius 2 is 0.338 bits per heavy atom. The van der Waals surface area contributed by atoms with E-state index in [0.717, 1.165) is 0 Å². The van der Waals surface area contributed by atoms with E-state index >= 15 is 0 Å². The summed E-state index contributed by atoms with van der Waals surface area (Å²) in [6.07, 6.45) is 0. The minimum absolute atomic E-state index is 0. The van der Waals surface area contributed by atoms with Gasteiger partial charge in [-0.3, -0.25) is 0 Å². The molecule has 0 aliphatic rings. The fourth-order valence-corrected chi connectivity index (χ4v) is 12.8. The maximum atomic E-state index is 2.55. The van der Waals surface area contributed by atoms with E-state index in [0.29, 0.717) is 0 Å². The first-order valence-electron chi connectivity index (χ1n) is 26.0. The standard InChI is InChI=1S/2C32H63.Zn/c2*1-22(2)24(5)26(8,9)28(12,13)30(16,17)32(20,21)31(18,19)29(14,15)27(10,11)25(6,7)23(3)4;/h2*1-21H3;/q2*-1;+2. The van der Waals surface area contributed by atoms with Gasteiger partial charge in [0.15, 0.2) is 0 Å². The number of rotatable bonds is 18. The van der Waals surface area contributed by atoms with Gasteiger partial charge in [-0.1, -0.05) is 255 Å². The van der Waals surface area contributed by atoms with Gasteiger partial charge in [-0.15, -0.1) is 0 Å². The van der Waals surface area contributed by atoms with Crippen molar-refractivity contribution in [3.63, 3.8) is 0 Å². The molecule has 0 nitrogen and oxygen atoms in total. The third-order valence-electron chi connectivity index (χ3n) is 27.8. The predicted molar refractivity (Wildman–Crippen MR) is 298 cm³/mol. The molecule has 384 valence electrons. The van der Waals surface area contributed by atoms with Crippen LogP contribution in [0.2, 0.25) is 0 Å². The van der Waals surface area contributed by atoms with Crippen LogP contribution < -0.4 is 0 Å². The van der Waals surface area contributed by atoms with E-state index in [1.807, 2.05) is 0 Å². The van der Waals surface area contributed by atoms with Crippen molar-refractivity contribution in [2.24, 2.45) is 86.6 Å². The summed E-state index contributed by atoms with van der Waals surface area (Å²) >= 11 is 0. The SMILES string of the molecule is CC(C)=C(C)C(C)(C)C(C)(C)C(C)(C)C(C)(C)C(C)(C)C(C)(C)C(C)(C)C(C)(C)[C-](C)C.CC(C)=C(C)C(C)(C)C(C)(C)C(C)(C)C(C)(C)C(C)(C)C(C)(C)C(C)(C)C(C)(C)[C-](C)C.[Zn+2]. The normalized spacial score (nSPS) is 15.7. The minimum Gasteiger partial charge on any atom is -0.314 e. The second kappa shape index (κ2) is 19.6. The zero-order valence-electron chi connectivity index (χ0n) is 53.7. The third-order valence-corrected chi connectivity index (χ3v) is 27.8. The van der Waals surface area contributed by atoms with Gasteiger partial charge in [0.1, 0.15) is 0 Å². The fraction of sp³-hybridized carbons (Fsp3) is 0.906. The van der Waals surface area contributed by atoms with Crippen molar-refractivity contribution in [3.05, 3.63) is 34.1 Å². The molecule has 0 heterocycles. The van der Waals surface area contributed by atoms with Crippen LogP contribution in [0.1, 0.15) is 291 Å². The van der Waals surface area contributed by atoms with Crippen molar-refractivity contribution in [1.82, 2.24) is 0 Å². The number of hydrogen-bond acceptors (Lipinski definition) is 0. The van der Waals surface area contributed by atoms with Crippen LogP contribution in [-0.4, -0.2) is 0 Å². The van der Waals surface area contributed by atoms with Crippen LogP contribution in [0.3, 0.4) is 0 Å². The van der Waals surface area contributed by atoms with E-state index in [9.17, 15) is 0 Å². The Morgan fingerprint density at radius 1 is 0.215 bits per heavy atom. The van der Waals surface area contributed by atoms with Gasteiger partial charge in [0.05, 0.1) is 0 Å². The van der Waals surface area contributed by atoms with Crippen LogP contribution in [0.25, 0.3) is 0 Å². The molecule has 0 atom stereocenters. The Morgan fingerprint density at radius 3 is 0.462 bits per heavy atom. The predicted octanol–water partition coefficient (Wildman–Crippen LogP) is 22.3. The van der Waals surface area contributed by atoms with E-state index in [1.54, 1.807) is 0 Å².